The molecule has 0 bridgehead atoms. The van der Waals surface area contributed by atoms with E-state index in [-0.39, 0.29) is 11.9 Å². The summed E-state index contributed by atoms with van der Waals surface area (Å²) >= 11 is 0. The highest BCUT2D eigenvalue weighted by Crippen LogP contribution is 2.15. The van der Waals surface area contributed by atoms with Gasteiger partial charge in [-0.15, -0.1) is 15.3 Å². The highest BCUT2D eigenvalue weighted by atomic mass is 16.2. The lowest BCUT2D eigenvalue weighted by molar-refractivity contribution is 0.0922. The van der Waals surface area contributed by atoms with Crippen molar-refractivity contribution >= 4 is 5.91 Å². The van der Waals surface area contributed by atoms with Crippen molar-refractivity contribution in [1.82, 2.24) is 35.1 Å². The van der Waals surface area contributed by atoms with E-state index in [0.717, 1.165) is 30.2 Å². The highest BCUT2D eigenvalue weighted by Gasteiger charge is 2.24. The van der Waals surface area contributed by atoms with Crippen molar-refractivity contribution in [3.8, 4) is 5.69 Å². The lowest BCUT2D eigenvalue weighted by Crippen LogP contribution is -2.41. The van der Waals surface area contributed by atoms with Gasteiger partial charge in [-0.2, -0.15) is 0 Å². The Labute approximate surface area is 144 Å². The minimum absolute atomic E-state index is 0.0409. The number of carbonyl (C=O) groups is 1. The van der Waals surface area contributed by atoms with E-state index >= 15 is 0 Å². The average Bonchev–Trinajstić information content (AvgIpc) is 3.24. The van der Waals surface area contributed by atoms with E-state index in [9.17, 15) is 4.79 Å². The van der Waals surface area contributed by atoms with Gasteiger partial charge < -0.3 is 9.88 Å². The van der Waals surface area contributed by atoms with Crippen LogP contribution in [-0.2, 0) is 13.0 Å². The van der Waals surface area contributed by atoms with Gasteiger partial charge in [0.25, 0.3) is 5.91 Å². The van der Waals surface area contributed by atoms with Gasteiger partial charge in [0.1, 0.15) is 11.6 Å². The minimum atomic E-state index is -0.211. The Morgan fingerprint density at radius 3 is 2.76 bits per heavy atom. The predicted octanol–water partition coefficient (Wildman–Crippen LogP) is 1.22. The van der Waals surface area contributed by atoms with E-state index < -0.39 is 0 Å². The molecule has 128 valence electrons. The normalized spacial score (nSPS) is 16.5. The van der Waals surface area contributed by atoms with Gasteiger partial charge in [-0.1, -0.05) is 22.9 Å². The second-order valence-corrected chi connectivity index (χ2v) is 6.37. The summed E-state index contributed by atoms with van der Waals surface area (Å²) in [6.07, 6.45) is 3.30. The molecule has 3 aromatic rings. The third-order valence-corrected chi connectivity index (χ3v) is 4.49. The Bertz CT molecular complexity index is 909. The summed E-state index contributed by atoms with van der Waals surface area (Å²) in [6, 6.07) is 7.93. The number of aryl methyl sites for hydroxylation is 3. The van der Waals surface area contributed by atoms with Crippen LogP contribution >= 0.6 is 0 Å². The van der Waals surface area contributed by atoms with Crippen molar-refractivity contribution in [2.24, 2.45) is 0 Å². The van der Waals surface area contributed by atoms with Crippen LogP contribution in [-0.4, -0.2) is 41.7 Å². The number of nitrogens with one attached hydrogen (secondary N) is 1. The van der Waals surface area contributed by atoms with Crippen molar-refractivity contribution in [1.29, 1.82) is 0 Å². The Hall–Kier alpha value is -3.03. The third kappa shape index (κ3) is 3.02. The first kappa shape index (κ1) is 15.5. The van der Waals surface area contributed by atoms with Crippen molar-refractivity contribution in [3.05, 3.63) is 53.4 Å². The molecule has 1 N–H and O–H groups in total. The molecule has 1 amide bonds. The van der Waals surface area contributed by atoms with Gasteiger partial charge in [0.15, 0.2) is 5.69 Å². The number of aromatic nitrogens is 6. The number of amides is 1. The average molecular weight is 337 g/mol. The van der Waals surface area contributed by atoms with E-state index in [1.165, 1.54) is 5.56 Å². The van der Waals surface area contributed by atoms with Crippen LogP contribution in [0.5, 0.6) is 0 Å². The topological polar surface area (TPSA) is 90.5 Å². The van der Waals surface area contributed by atoms with Gasteiger partial charge in [-0.05, 0) is 32.4 Å². The summed E-state index contributed by atoms with van der Waals surface area (Å²) in [7, 11) is 0. The number of benzene rings is 1. The SMILES string of the molecule is Cc1ccc(-n2cc(C(=O)NC3CCc4nnc(C)n4C3)nn2)cc1. The predicted molar refractivity (Wildman–Crippen MR) is 90.4 cm³/mol. The van der Waals surface area contributed by atoms with E-state index in [1.54, 1.807) is 10.9 Å². The van der Waals surface area contributed by atoms with Crippen molar-refractivity contribution in [3.63, 3.8) is 0 Å². The van der Waals surface area contributed by atoms with Crippen molar-refractivity contribution in [2.75, 3.05) is 0 Å². The number of hydrogen-bond donors (Lipinski definition) is 1. The maximum atomic E-state index is 12.5. The Morgan fingerprint density at radius 2 is 1.96 bits per heavy atom. The first-order valence-corrected chi connectivity index (χ1v) is 8.29. The molecule has 1 aliphatic heterocycles. The molecule has 1 aliphatic rings. The molecule has 1 atom stereocenters. The molecular weight excluding hydrogens is 318 g/mol. The molecule has 8 heteroatoms. The fourth-order valence-electron chi connectivity index (χ4n) is 3.03. The number of carbonyl (C=O) groups excluding carboxylic acids is 1. The van der Waals surface area contributed by atoms with Gasteiger partial charge in [-0.25, -0.2) is 4.68 Å². The molecule has 8 nitrogen and oxygen atoms in total. The molecule has 25 heavy (non-hydrogen) atoms. The van der Waals surface area contributed by atoms with Crippen LogP contribution in [0.3, 0.4) is 0 Å². The van der Waals surface area contributed by atoms with Crippen molar-refractivity contribution in [2.45, 2.75) is 39.3 Å². The van der Waals surface area contributed by atoms with Crippen LogP contribution in [0.1, 0.15) is 34.1 Å². The minimum Gasteiger partial charge on any atom is -0.346 e. The van der Waals surface area contributed by atoms with Gasteiger partial charge >= 0.3 is 0 Å². The smallest absolute Gasteiger partial charge is 0.273 e. The lowest BCUT2D eigenvalue weighted by atomic mass is 10.1. The molecule has 3 heterocycles. The molecule has 2 aromatic heterocycles. The van der Waals surface area contributed by atoms with Gasteiger partial charge in [-0.3, -0.25) is 4.79 Å². The molecule has 0 aliphatic carbocycles. The zero-order valence-corrected chi connectivity index (χ0v) is 14.2. The van der Waals surface area contributed by atoms with Crippen LogP contribution in [0.15, 0.2) is 30.5 Å². The van der Waals surface area contributed by atoms with Gasteiger partial charge in [0, 0.05) is 19.0 Å². The second kappa shape index (κ2) is 6.12. The molecule has 1 aromatic carbocycles. The summed E-state index contributed by atoms with van der Waals surface area (Å²) in [5.41, 5.74) is 2.36. The summed E-state index contributed by atoms with van der Waals surface area (Å²) in [5, 5.41) is 19.3. The zero-order chi connectivity index (χ0) is 17.4. The van der Waals surface area contributed by atoms with Crippen LogP contribution in [0.25, 0.3) is 5.69 Å². The van der Waals surface area contributed by atoms with Crippen LogP contribution in [0, 0.1) is 13.8 Å². The second-order valence-electron chi connectivity index (χ2n) is 6.37. The first-order chi connectivity index (χ1) is 12.1. The fourth-order valence-corrected chi connectivity index (χ4v) is 3.03. The number of hydrogen-bond acceptors (Lipinski definition) is 5. The Kier molecular flexibility index (Phi) is 3.79. The Morgan fingerprint density at radius 1 is 1.16 bits per heavy atom. The van der Waals surface area contributed by atoms with Gasteiger partial charge in [0.2, 0.25) is 0 Å². The van der Waals surface area contributed by atoms with Crippen LogP contribution < -0.4 is 5.32 Å². The molecule has 0 saturated heterocycles. The quantitative estimate of drug-likeness (QED) is 0.776. The monoisotopic (exact) mass is 337 g/mol. The van der Waals surface area contributed by atoms with E-state index in [2.05, 4.69) is 30.4 Å². The van der Waals surface area contributed by atoms with Gasteiger partial charge in [0.05, 0.1) is 11.9 Å². The molecule has 0 spiro atoms. The van der Waals surface area contributed by atoms with E-state index in [1.807, 2.05) is 38.1 Å². The lowest BCUT2D eigenvalue weighted by Gasteiger charge is -2.24. The molecule has 0 fully saturated rings. The molecule has 0 radical (unpaired) electrons. The van der Waals surface area contributed by atoms with E-state index in [4.69, 9.17) is 0 Å². The zero-order valence-electron chi connectivity index (χ0n) is 14.2. The fraction of sp³-hybridized carbons (Fsp3) is 0.353. The molecular formula is C17H19N7O. The maximum Gasteiger partial charge on any atom is 0.273 e. The Balaban J connectivity index is 1.45. The standard InChI is InChI=1S/C17H19N7O/c1-11-3-6-14(7-4-11)24-10-15(20-22-24)17(25)18-13-5-8-16-21-19-12(2)23(16)9-13/h3-4,6-7,10,13H,5,8-9H2,1-2H3,(H,18,25). The van der Waals surface area contributed by atoms with E-state index in [0.29, 0.717) is 12.2 Å². The van der Waals surface area contributed by atoms with Crippen LogP contribution in [0.4, 0.5) is 0 Å². The number of rotatable bonds is 3. The largest absolute Gasteiger partial charge is 0.346 e. The summed E-state index contributed by atoms with van der Waals surface area (Å²) in [5.74, 6) is 1.64. The molecule has 1 unspecified atom stereocenters. The third-order valence-electron chi connectivity index (χ3n) is 4.49. The number of nitrogens with zero attached hydrogens (tertiary/aromatic N) is 6. The first-order valence-electron chi connectivity index (χ1n) is 8.29. The van der Waals surface area contributed by atoms with Crippen LogP contribution in [0.2, 0.25) is 0 Å². The summed E-state index contributed by atoms with van der Waals surface area (Å²) < 4.78 is 3.66. The van der Waals surface area contributed by atoms with Crippen molar-refractivity contribution < 1.29 is 4.79 Å². The molecule has 0 saturated carbocycles. The highest BCUT2D eigenvalue weighted by molar-refractivity contribution is 5.92. The maximum absolute atomic E-state index is 12.5. The summed E-state index contributed by atoms with van der Waals surface area (Å²) in [6.45, 7) is 4.64. The summed E-state index contributed by atoms with van der Waals surface area (Å²) in [4.78, 5) is 12.5. The molecule has 4 rings (SSSR count). The number of fused-ring (bicyclic) bond motifs is 1.